The molecule has 0 bridgehead atoms. The predicted octanol–water partition coefficient (Wildman–Crippen LogP) is 3.92. The van der Waals surface area contributed by atoms with Gasteiger partial charge in [-0.15, -0.1) is 0 Å². The largest absolute Gasteiger partial charge is 0.250 e. The van der Waals surface area contributed by atoms with Crippen molar-refractivity contribution in [3.63, 3.8) is 0 Å². The summed E-state index contributed by atoms with van der Waals surface area (Å²) in [5, 5.41) is 0. The van der Waals surface area contributed by atoms with Crippen LogP contribution < -0.4 is 0 Å². The van der Waals surface area contributed by atoms with Crippen molar-refractivity contribution in [1.82, 2.24) is 0 Å². The van der Waals surface area contributed by atoms with Crippen LogP contribution in [-0.2, 0) is 6.42 Å². The van der Waals surface area contributed by atoms with E-state index in [4.69, 9.17) is 0 Å². The Hall–Kier alpha value is -0.370. The minimum absolute atomic E-state index is 0.372. The fourth-order valence-corrected chi connectivity index (χ4v) is 1.69. The molecule has 0 aliphatic carbocycles. The third kappa shape index (κ3) is 2.53. The highest BCUT2D eigenvalue weighted by atomic mass is 79.9. The number of hydrogen-bond donors (Lipinski definition) is 0. The van der Waals surface area contributed by atoms with E-state index in [0.29, 0.717) is 0 Å². The lowest BCUT2D eigenvalue weighted by Gasteiger charge is -2.12. The number of halogens is 2. The first-order valence-electron chi connectivity index (χ1n) is 4.36. The zero-order valence-electron chi connectivity index (χ0n) is 7.90. The molecule has 0 amide bonds. The van der Waals surface area contributed by atoms with Gasteiger partial charge in [0.25, 0.3) is 0 Å². The van der Waals surface area contributed by atoms with Gasteiger partial charge in [-0.3, -0.25) is 4.39 Å². The van der Waals surface area contributed by atoms with Gasteiger partial charge in [0.15, 0.2) is 0 Å². The number of benzene rings is 1. The van der Waals surface area contributed by atoms with Crippen LogP contribution in [-0.4, -0.2) is 6.67 Å². The van der Waals surface area contributed by atoms with Gasteiger partial charge in [-0.05, 0) is 29.7 Å². The lowest BCUT2D eigenvalue weighted by molar-refractivity contribution is 0.515. The summed E-state index contributed by atoms with van der Waals surface area (Å²) >= 11 is 3.39. The van der Waals surface area contributed by atoms with Crippen molar-refractivity contribution < 1.29 is 4.39 Å². The molecule has 0 spiro atoms. The van der Waals surface area contributed by atoms with E-state index in [1.807, 2.05) is 25.1 Å². The van der Waals surface area contributed by atoms with Gasteiger partial charge in [0, 0.05) is 10.4 Å². The maximum absolute atomic E-state index is 12.5. The fraction of sp³-hybridized carbons (Fsp3) is 0.364. The van der Waals surface area contributed by atoms with Crippen LogP contribution >= 0.6 is 15.9 Å². The topological polar surface area (TPSA) is 0 Å². The maximum atomic E-state index is 12.5. The standard InChI is InChI=1S/C11H13BrF/c1-3-9-4-5-10(12)6-11(9)8(2)7-13/h4-6H,3,7H2,1-2H3. The molecule has 0 atom stereocenters. The second kappa shape index (κ2) is 4.75. The molecule has 71 valence electrons. The average molecular weight is 244 g/mol. The van der Waals surface area contributed by atoms with Gasteiger partial charge < -0.3 is 0 Å². The van der Waals surface area contributed by atoms with Crippen molar-refractivity contribution in [2.75, 3.05) is 6.67 Å². The molecular formula is C11H13BrF. The molecule has 13 heavy (non-hydrogen) atoms. The van der Waals surface area contributed by atoms with Crippen LogP contribution in [0.4, 0.5) is 4.39 Å². The molecule has 0 aliphatic heterocycles. The maximum Gasteiger partial charge on any atom is 0.0997 e. The monoisotopic (exact) mass is 243 g/mol. The summed E-state index contributed by atoms with van der Waals surface area (Å²) in [6, 6.07) is 6.01. The Morgan fingerprint density at radius 1 is 1.46 bits per heavy atom. The molecule has 0 aromatic heterocycles. The first-order valence-corrected chi connectivity index (χ1v) is 5.15. The Balaban J connectivity index is 3.07. The Labute approximate surface area is 87.3 Å². The minimum atomic E-state index is -0.372. The van der Waals surface area contributed by atoms with E-state index in [2.05, 4.69) is 22.9 Å². The summed E-state index contributed by atoms with van der Waals surface area (Å²) < 4.78 is 13.5. The Morgan fingerprint density at radius 3 is 2.69 bits per heavy atom. The number of hydrogen-bond acceptors (Lipinski definition) is 0. The second-order valence-corrected chi connectivity index (χ2v) is 3.98. The van der Waals surface area contributed by atoms with E-state index < -0.39 is 0 Å². The van der Waals surface area contributed by atoms with Crippen LogP contribution in [0, 0.1) is 5.92 Å². The first kappa shape index (κ1) is 10.7. The molecule has 0 unspecified atom stereocenters. The van der Waals surface area contributed by atoms with E-state index in [1.165, 1.54) is 5.56 Å². The summed E-state index contributed by atoms with van der Waals surface area (Å²) in [6.07, 6.45) is 0.944. The average Bonchev–Trinajstić information content (AvgIpc) is 2.16. The van der Waals surface area contributed by atoms with Gasteiger partial charge in [-0.1, -0.05) is 35.8 Å². The summed E-state index contributed by atoms with van der Waals surface area (Å²) in [5.41, 5.74) is 2.25. The molecule has 0 saturated carbocycles. The van der Waals surface area contributed by atoms with Crippen molar-refractivity contribution >= 4 is 15.9 Å². The van der Waals surface area contributed by atoms with Crippen molar-refractivity contribution in [3.05, 3.63) is 39.7 Å². The normalized spacial score (nSPS) is 10.8. The zero-order chi connectivity index (χ0) is 9.84. The first-order chi connectivity index (χ1) is 6.19. The van der Waals surface area contributed by atoms with Gasteiger partial charge in [0.2, 0.25) is 0 Å². The van der Waals surface area contributed by atoms with Gasteiger partial charge in [0.05, 0.1) is 6.67 Å². The summed E-state index contributed by atoms with van der Waals surface area (Å²) in [5.74, 6) is 0.804. The molecule has 0 saturated heterocycles. The van der Waals surface area contributed by atoms with E-state index in [9.17, 15) is 4.39 Å². The third-order valence-corrected chi connectivity index (χ3v) is 2.61. The molecule has 0 fully saturated rings. The van der Waals surface area contributed by atoms with E-state index >= 15 is 0 Å². The lowest BCUT2D eigenvalue weighted by atomic mass is 9.95. The van der Waals surface area contributed by atoms with E-state index in [-0.39, 0.29) is 6.67 Å². The molecule has 2 heteroatoms. The minimum Gasteiger partial charge on any atom is -0.250 e. The van der Waals surface area contributed by atoms with Crippen LogP contribution in [0.5, 0.6) is 0 Å². The highest BCUT2D eigenvalue weighted by Gasteiger charge is 2.10. The molecule has 0 nitrogen and oxygen atoms in total. The molecule has 0 N–H and O–H groups in total. The fourth-order valence-electron chi connectivity index (χ4n) is 1.33. The predicted molar refractivity (Wildman–Crippen MR) is 57.5 cm³/mol. The summed E-state index contributed by atoms with van der Waals surface area (Å²) in [4.78, 5) is 0. The third-order valence-electron chi connectivity index (χ3n) is 2.11. The number of alkyl halides is 1. The molecule has 1 rings (SSSR count). The van der Waals surface area contributed by atoms with Gasteiger partial charge >= 0.3 is 0 Å². The van der Waals surface area contributed by atoms with Crippen molar-refractivity contribution in [2.45, 2.75) is 20.3 Å². The summed E-state index contributed by atoms with van der Waals surface area (Å²) in [6.45, 7) is 3.54. The molecule has 1 aromatic carbocycles. The SMILES string of the molecule is CCc1ccc(Br)cc1[C](C)CF. The molecular weight excluding hydrogens is 231 g/mol. The van der Waals surface area contributed by atoms with Crippen LogP contribution in [0.1, 0.15) is 25.0 Å². The Bertz CT molecular complexity index is 283. The molecule has 1 radical (unpaired) electrons. The van der Waals surface area contributed by atoms with Crippen molar-refractivity contribution in [3.8, 4) is 0 Å². The van der Waals surface area contributed by atoms with Crippen LogP contribution in [0.15, 0.2) is 22.7 Å². The van der Waals surface area contributed by atoms with E-state index in [1.54, 1.807) is 0 Å². The van der Waals surface area contributed by atoms with Gasteiger partial charge in [0.1, 0.15) is 0 Å². The van der Waals surface area contributed by atoms with Crippen molar-refractivity contribution in [2.24, 2.45) is 0 Å². The van der Waals surface area contributed by atoms with Crippen LogP contribution in [0.25, 0.3) is 0 Å². The second-order valence-electron chi connectivity index (χ2n) is 3.07. The van der Waals surface area contributed by atoms with E-state index in [0.717, 1.165) is 22.4 Å². The Morgan fingerprint density at radius 2 is 2.15 bits per heavy atom. The summed E-state index contributed by atoms with van der Waals surface area (Å²) in [7, 11) is 0. The van der Waals surface area contributed by atoms with Crippen LogP contribution in [0.2, 0.25) is 0 Å². The smallest absolute Gasteiger partial charge is 0.0997 e. The molecule has 0 heterocycles. The number of rotatable bonds is 3. The van der Waals surface area contributed by atoms with Gasteiger partial charge in [-0.25, -0.2) is 0 Å². The molecule has 1 aromatic rings. The highest BCUT2D eigenvalue weighted by molar-refractivity contribution is 9.10. The lowest BCUT2D eigenvalue weighted by Crippen LogP contribution is -2.01. The van der Waals surface area contributed by atoms with Crippen LogP contribution in [0.3, 0.4) is 0 Å². The number of aryl methyl sites for hydroxylation is 1. The Kier molecular flexibility index (Phi) is 3.91. The van der Waals surface area contributed by atoms with Crippen molar-refractivity contribution in [1.29, 1.82) is 0 Å². The quantitative estimate of drug-likeness (QED) is 0.755. The molecule has 0 aliphatic rings. The van der Waals surface area contributed by atoms with Gasteiger partial charge in [-0.2, -0.15) is 0 Å². The highest BCUT2D eigenvalue weighted by Crippen LogP contribution is 2.24. The zero-order valence-corrected chi connectivity index (χ0v) is 9.49.